The van der Waals surface area contributed by atoms with E-state index in [-0.39, 0.29) is 11.1 Å². The van der Waals surface area contributed by atoms with Gasteiger partial charge in [-0.3, -0.25) is 4.79 Å². The van der Waals surface area contributed by atoms with E-state index in [2.05, 4.69) is 22.2 Å². The summed E-state index contributed by atoms with van der Waals surface area (Å²) in [7, 11) is 0. The second kappa shape index (κ2) is 5.08. The third kappa shape index (κ3) is 2.80. The highest BCUT2D eigenvalue weighted by Gasteiger charge is 2.34. The first-order chi connectivity index (χ1) is 8.15. The molecule has 1 aromatic heterocycles. The van der Waals surface area contributed by atoms with E-state index in [1.807, 2.05) is 0 Å². The maximum absolute atomic E-state index is 11.6. The van der Waals surface area contributed by atoms with Crippen molar-refractivity contribution in [2.75, 3.05) is 11.2 Å². The molecule has 1 aliphatic rings. The van der Waals surface area contributed by atoms with E-state index in [1.54, 1.807) is 6.20 Å². The van der Waals surface area contributed by atoms with Crippen LogP contribution in [-0.4, -0.2) is 21.4 Å². The van der Waals surface area contributed by atoms with Crippen molar-refractivity contribution in [1.82, 2.24) is 9.97 Å². The van der Waals surface area contributed by atoms with Crippen molar-refractivity contribution >= 4 is 17.4 Å². The van der Waals surface area contributed by atoms with Crippen LogP contribution >= 0.6 is 11.6 Å². The standard InChI is InChI=1S/C12H18ClN3O/c1-9-2-4-12(8-13,5-3-9)16-10-11(17)15-7-6-14-10/h6-7,9H,2-5,8H2,1H3,(H,14,16)(H,15,17). The van der Waals surface area contributed by atoms with Crippen LogP contribution in [0, 0.1) is 5.92 Å². The predicted molar refractivity (Wildman–Crippen MR) is 69.6 cm³/mol. The number of halogens is 1. The van der Waals surface area contributed by atoms with Gasteiger partial charge in [0.05, 0.1) is 5.54 Å². The number of rotatable bonds is 3. The summed E-state index contributed by atoms with van der Waals surface area (Å²) in [6, 6.07) is 0. The molecule has 0 amide bonds. The van der Waals surface area contributed by atoms with Crippen molar-refractivity contribution in [3.63, 3.8) is 0 Å². The molecule has 2 rings (SSSR count). The van der Waals surface area contributed by atoms with Crippen LogP contribution in [0.4, 0.5) is 5.82 Å². The van der Waals surface area contributed by atoms with Gasteiger partial charge in [-0.15, -0.1) is 11.6 Å². The minimum Gasteiger partial charge on any atom is -0.359 e. The van der Waals surface area contributed by atoms with Gasteiger partial charge in [0.1, 0.15) is 0 Å². The molecule has 0 aliphatic heterocycles. The highest BCUT2D eigenvalue weighted by atomic mass is 35.5. The number of nitrogens with one attached hydrogen (secondary N) is 2. The van der Waals surface area contributed by atoms with Crippen LogP contribution in [0.15, 0.2) is 17.2 Å². The first-order valence-corrected chi connectivity index (χ1v) is 6.56. The molecule has 0 bridgehead atoms. The second-order valence-electron chi connectivity index (χ2n) is 4.99. The Morgan fingerprint density at radius 2 is 2.29 bits per heavy atom. The first kappa shape index (κ1) is 12.4. The molecule has 1 aliphatic carbocycles. The van der Waals surface area contributed by atoms with Crippen LogP contribution in [0.25, 0.3) is 0 Å². The van der Waals surface area contributed by atoms with Crippen LogP contribution in [-0.2, 0) is 0 Å². The Labute approximate surface area is 106 Å². The number of alkyl halides is 1. The minimum absolute atomic E-state index is 0.171. The second-order valence-corrected chi connectivity index (χ2v) is 5.26. The molecule has 1 aromatic rings. The number of hydrogen-bond acceptors (Lipinski definition) is 3. The third-order valence-electron chi connectivity index (χ3n) is 3.58. The smallest absolute Gasteiger partial charge is 0.290 e. The molecule has 0 spiro atoms. The summed E-state index contributed by atoms with van der Waals surface area (Å²) >= 11 is 6.08. The summed E-state index contributed by atoms with van der Waals surface area (Å²) in [5, 5.41) is 3.25. The Morgan fingerprint density at radius 1 is 1.59 bits per heavy atom. The summed E-state index contributed by atoms with van der Waals surface area (Å²) < 4.78 is 0. The Bertz CT molecular complexity index is 424. The van der Waals surface area contributed by atoms with Gasteiger partial charge < -0.3 is 10.3 Å². The van der Waals surface area contributed by atoms with Gasteiger partial charge in [-0.25, -0.2) is 4.98 Å². The fourth-order valence-electron chi connectivity index (χ4n) is 2.30. The fourth-order valence-corrected chi connectivity index (χ4v) is 2.63. The van der Waals surface area contributed by atoms with Crippen molar-refractivity contribution < 1.29 is 0 Å². The van der Waals surface area contributed by atoms with Gasteiger partial charge in [0.15, 0.2) is 5.82 Å². The van der Waals surface area contributed by atoms with Crippen molar-refractivity contribution in [2.24, 2.45) is 5.92 Å². The van der Waals surface area contributed by atoms with Crippen LogP contribution < -0.4 is 10.9 Å². The van der Waals surface area contributed by atoms with Gasteiger partial charge in [-0.1, -0.05) is 6.92 Å². The van der Waals surface area contributed by atoms with Crippen molar-refractivity contribution in [3.8, 4) is 0 Å². The molecule has 94 valence electrons. The van der Waals surface area contributed by atoms with E-state index in [9.17, 15) is 4.79 Å². The molecule has 1 fully saturated rings. The number of nitrogens with zero attached hydrogens (tertiary/aromatic N) is 1. The molecule has 0 atom stereocenters. The Kier molecular flexibility index (Phi) is 3.72. The lowest BCUT2D eigenvalue weighted by Gasteiger charge is -2.38. The van der Waals surface area contributed by atoms with Crippen LogP contribution in [0.1, 0.15) is 32.6 Å². The summed E-state index contributed by atoms with van der Waals surface area (Å²) in [5.41, 5.74) is -0.356. The zero-order valence-corrected chi connectivity index (χ0v) is 10.8. The average molecular weight is 256 g/mol. The number of hydrogen-bond donors (Lipinski definition) is 2. The minimum atomic E-state index is -0.185. The van der Waals surface area contributed by atoms with Gasteiger partial charge in [0.25, 0.3) is 5.56 Å². The molecule has 17 heavy (non-hydrogen) atoms. The quantitative estimate of drug-likeness (QED) is 0.816. The van der Waals surface area contributed by atoms with E-state index in [0.29, 0.717) is 11.7 Å². The number of aromatic amines is 1. The summed E-state index contributed by atoms with van der Waals surface area (Å²) in [4.78, 5) is 18.3. The molecule has 0 saturated heterocycles. The molecule has 0 aromatic carbocycles. The average Bonchev–Trinajstić information content (AvgIpc) is 2.35. The molecule has 1 saturated carbocycles. The molecular weight excluding hydrogens is 238 g/mol. The number of aromatic nitrogens is 2. The number of anilines is 1. The van der Waals surface area contributed by atoms with E-state index in [1.165, 1.54) is 6.20 Å². The zero-order valence-electron chi connectivity index (χ0n) is 10.0. The highest BCUT2D eigenvalue weighted by Crippen LogP contribution is 2.34. The molecule has 0 radical (unpaired) electrons. The lowest BCUT2D eigenvalue weighted by molar-refractivity contribution is 0.286. The highest BCUT2D eigenvalue weighted by molar-refractivity contribution is 6.18. The Morgan fingerprint density at radius 3 is 2.88 bits per heavy atom. The largest absolute Gasteiger partial charge is 0.359 e. The summed E-state index contributed by atoms with van der Waals surface area (Å²) in [6.45, 7) is 2.26. The topological polar surface area (TPSA) is 57.8 Å². The van der Waals surface area contributed by atoms with Gasteiger partial charge in [0, 0.05) is 18.3 Å². The maximum Gasteiger partial charge on any atom is 0.290 e. The molecule has 2 N–H and O–H groups in total. The van der Waals surface area contributed by atoms with Crippen molar-refractivity contribution in [2.45, 2.75) is 38.1 Å². The zero-order chi connectivity index (χ0) is 12.3. The van der Waals surface area contributed by atoms with Crippen molar-refractivity contribution in [1.29, 1.82) is 0 Å². The SMILES string of the molecule is CC1CCC(CCl)(Nc2ncc[nH]c2=O)CC1. The van der Waals surface area contributed by atoms with Crippen LogP contribution in [0.3, 0.4) is 0 Å². The predicted octanol–water partition coefficient (Wildman–Crippen LogP) is 2.37. The van der Waals surface area contributed by atoms with Gasteiger partial charge in [0.2, 0.25) is 0 Å². The lowest BCUT2D eigenvalue weighted by atomic mass is 9.78. The Balaban J connectivity index is 2.15. The fraction of sp³-hybridized carbons (Fsp3) is 0.667. The molecule has 4 nitrogen and oxygen atoms in total. The molecular formula is C12H18ClN3O. The van der Waals surface area contributed by atoms with Crippen LogP contribution in [0.2, 0.25) is 0 Å². The normalized spacial score (nSPS) is 28.9. The van der Waals surface area contributed by atoms with Crippen LogP contribution in [0.5, 0.6) is 0 Å². The van der Waals surface area contributed by atoms with Crippen molar-refractivity contribution in [3.05, 3.63) is 22.7 Å². The van der Waals surface area contributed by atoms with E-state index < -0.39 is 0 Å². The maximum atomic E-state index is 11.6. The monoisotopic (exact) mass is 255 g/mol. The molecule has 5 heteroatoms. The number of H-pyrrole nitrogens is 1. The lowest BCUT2D eigenvalue weighted by Crippen LogP contribution is -2.45. The van der Waals surface area contributed by atoms with Gasteiger partial charge >= 0.3 is 0 Å². The molecule has 1 heterocycles. The molecule has 0 unspecified atom stereocenters. The summed E-state index contributed by atoms with van der Waals surface area (Å²) in [6.07, 6.45) is 7.39. The third-order valence-corrected chi connectivity index (χ3v) is 4.09. The van der Waals surface area contributed by atoms with E-state index >= 15 is 0 Å². The van der Waals surface area contributed by atoms with E-state index in [0.717, 1.165) is 31.6 Å². The summed E-state index contributed by atoms with van der Waals surface area (Å²) in [5.74, 6) is 1.63. The first-order valence-electron chi connectivity index (χ1n) is 6.03. The van der Waals surface area contributed by atoms with Gasteiger partial charge in [-0.2, -0.15) is 0 Å². The Hall–Kier alpha value is -1.03. The van der Waals surface area contributed by atoms with Gasteiger partial charge in [-0.05, 0) is 31.6 Å². The van der Waals surface area contributed by atoms with E-state index in [4.69, 9.17) is 11.6 Å².